The van der Waals surface area contributed by atoms with Crippen molar-refractivity contribution < 1.29 is 0 Å². The van der Waals surface area contributed by atoms with E-state index in [2.05, 4.69) is 274 Å². The molecule has 0 saturated carbocycles. The maximum Gasteiger partial charge on any atom is 0.0567 e. The van der Waals surface area contributed by atoms with E-state index in [0.29, 0.717) is 5.92 Å². The van der Waals surface area contributed by atoms with Crippen LogP contribution in [0.3, 0.4) is 0 Å². The Labute approximate surface area is 381 Å². The molecule has 8 rings (SSSR count). The van der Waals surface area contributed by atoms with E-state index in [1.807, 2.05) is 0 Å². The van der Waals surface area contributed by atoms with Gasteiger partial charge in [-0.3, -0.25) is 0 Å². The number of para-hydroxylation sites is 2. The van der Waals surface area contributed by atoms with Crippen LogP contribution in [0.5, 0.6) is 0 Å². The molecule has 7 aromatic rings. The molecule has 7 aromatic carbocycles. The summed E-state index contributed by atoms with van der Waals surface area (Å²) in [6, 6.07) is 76.0. The van der Waals surface area contributed by atoms with Gasteiger partial charge >= 0.3 is 0 Å². The predicted molar refractivity (Wildman–Crippen MR) is 276 cm³/mol. The molecular formula is C62H58N2. The molecule has 64 heavy (non-hydrogen) atoms. The van der Waals surface area contributed by atoms with E-state index < -0.39 is 0 Å². The van der Waals surface area contributed by atoms with Crippen molar-refractivity contribution in [3.05, 3.63) is 281 Å². The Hall–Kier alpha value is -7.42. The lowest BCUT2D eigenvalue weighted by Gasteiger charge is -2.29. The Balaban J connectivity index is 1.31. The highest BCUT2D eigenvalue weighted by molar-refractivity contribution is 6.17. The summed E-state index contributed by atoms with van der Waals surface area (Å²) in [7, 11) is 4.42. The van der Waals surface area contributed by atoms with Gasteiger partial charge in [0.15, 0.2) is 0 Å². The van der Waals surface area contributed by atoms with Gasteiger partial charge in [0.2, 0.25) is 0 Å². The molecule has 0 aliphatic heterocycles. The van der Waals surface area contributed by atoms with Gasteiger partial charge in [-0.15, -0.1) is 0 Å². The summed E-state index contributed by atoms with van der Waals surface area (Å²) in [5, 5.41) is 0. The van der Waals surface area contributed by atoms with E-state index in [0.717, 1.165) is 48.3 Å². The molecule has 2 nitrogen and oxygen atoms in total. The highest BCUT2D eigenvalue weighted by Crippen LogP contribution is 2.42. The minimum absolute atomic E-state index is 0.447. The molecule has 0 spiro atoms. The number of nitrogens with zero attached hydrogens (tertiary/aromatic N) is 2. The minimum Gasteiger partial charge on any atom is -0.344 e. The second-order valence-electron chi connectivity index (χ2n) is 16.6. The van der Waals surface area contributed by atoms with Crippen molar-refractivity contribution in [3.8, 4) is 0 Å². The smallest absolute Gasteiger partial charge is 0.0567 e. The second kappa shape index (κ2) is 21.6. The fourth-order valence-electron chi connectivity index (χ4n) is 8.83. The molecule has 0 amide bonds. The number of hydrogen-bond donors (Lipinski definition) is 0. The van der Waals surface area contributed by atoms with Gasteiger partial charge in [-0.05, 0) is 100 Å². The van der Waals surface area contributed by atoms with E-state index in [4.69, 9.17) is 0 Å². The van der Waals surface area contributed by atoms with Gasteiger partial charge in [0.25, 0.3) is 0 Å². The van der Waals surface area contributed by atoms with Crippen molar-refractivity contribution in [2.75, 3.05) is 23.9 Å². The zero-order valence-corrected chi connectivity index (χ0v) is 37.4. The van der Waals surface area contributed by atoms with Crippen molar-refractivity contribution in [1.82, 2.24) is 0 Å². The largest absolute Gasteiger partial charge is 0.344 e. The standard InChI is InChI=1S/C62H58N2/c1-48-27-25-39-55(45-48)59(61(53-35-17-7-18-36-53)63(2)56-40-21-9-22-41-56)47-50(46-49-28-11-4-12-29-49)30-26-44-58(51-31-13-5-14-32-51)60(52-33-15-6-16-34-52)62(54-37-19-8-20-38-54)64(3)57-42-23-10-24-43-57/h4-25,28-29,31-46,48H,26-27,30,47H2,1-3H3/b50-46+,58-44?,61-59+,62-60-. The molecule has 316 valence electrons. The molecule has 0 fully saturated rings. The maximum absolute atomic E-state index is 2.50. The SMILES string of the molecule is CC1C=C(/C(C/C(=C/c2ccccc2)CCC=C(/C(=C(/c2ccccc2)N(C)c2ccccc2)c2ccccc2)c2ccccc2)=C(\c2ccccc2)N(C)c2ccccc2)C=CC1. The van der Waals surface area contributed by atoms with Crippen LogP contribution >= 0.6 is 0 Å². The molecule has 0 radical (unpaired) electrons. The van der Waals surface area contributed by atoms with Crippen LogP contribution in [-0.2, 0) is 0 Å². The number of anilines is 2. The van der Waals surface area contributed by atoms with Gasteiger partial charge in [0.1, 0.15) is 0 Å². The Kier molecular flexibility index (Phi) is 14.6. The molecule has 0 bridgehead atoms. The van der Waals surface area contributed by atoms with E-state index in [1.54, 1.807) is 0 Å². The fourth-order valence-corrected chi connectivity index (χ4v) is 8.83. The monoisotopic (exact) mass is 830 g/mol. The molecule has 1 aliphatic carbocycles. The van der Waals surface area contributed by atoms with Crippen molar-refractivity contribution >= 4 is 40.0 Å². The zero-order valence-electron chi connectivity index (χ0n) is 37.4. The first-order chi connectivity index (χ1) is 31.5. The fraction of sp³-hybridized carbons (Fsp3) is 0.129. The number of benzene rings is 7. The van der Waals surface area contributed by atoms with Gasteiger partial charge in [-0.2, -0.15) is 0 Å². The summed E-state index contributed by atoms with van der Waals surface area (Å²) in [6.45, 7) is 2.33. The zero-order chi connectivity index (χ0) is 43.9. The average molecular weight is 831 g/mol. The van der Waals surface area contributed by atoms with Crippen molar-refractivity contribution in [2.24, 2.45) is 5.92 Å². The summed E-state index contributed by atoms with van der Waals surface area (Å²) in [4.78, 5) is 4.74. The first-order valence-corrected chi connectivity index (χ1v) is 22.6. The molecule has 0 heterocycles. The van der Waals surface area contributed by atoms with Crippen LogP contribution in [0.2, 0.25) is 0 Å². The number of allylic oxidation sites excluding steroid dienone is 9. The van der Waals surface area contributed by atoms with Gasteiger partial charge < -0.3 is 9.80 Å². The third-order valence-electron chi connectivity index (χ3n) is 12.0. The summed E-state index contributed by atoms with van der Waals surface area (Å²) >= 11 is 0. The van der Waals surface area contributed by atoms with Crippen molar-refractivity contribution in [2.45, 2.75) is 32.6 Å². The number of hydrogen-bond acceptors (Lipinski definition) is 2. The highest BCUT2D eigenvalue weighted by Gasteiger charge is 2.23. The Bertz CT molecular complexity index is 2750. The molecule has 1 atom stereocenters. The summed E-state index contributed by atoms with van der Waals surface area (Å²) in [5.41, 5.74) is 17.0. The first-order valence-electron chi connectivity index (χ1n) is 22.6. The first kappa shape index (κ1) is 43.2. The summed E-state index contributed by atoms with van der Waals surface area (Å²) in [5.74, 6) is 0.447. The van der Waals surface area contributed by atoms with E-state index in [1.165, 1.54) is 55.8 Å². The molecule has 1 unspecified atom stereocenters. The van der Waals surface area contributed by atoms with Crippen LogP contribution in [0.4, 0.5) is 11.4 Å². The lowest BCUT2D eigenvalue weighted by Crippen LogP contribution is -2.19. The Morgan fingerprint density at radius 3 is 1.47 bits per heavy atom. The van der Waals surface area contributed by atoms with Crippen LogP contribution < -0.4 is 9.80 Å². The third kappa shape index (κ3) is 10.8. The lowest BCUT2D eigenvalue weighted by molar-refractivity contribution is 0.729. The van der Waals surface area contributed by atoms with Gasteiger partial charge in [-0.1, -0.05) is 231 Å². The number of rotatable bonds is 16. The maximum atomic E-state index is 2.50. The molecule has 0 N–H and O–H groups in total. The molecular weight excluding hydrogens is 773 g/mol. The van der Waals surface area contributed by atoms with Gasteiger partial charge in [-0.25, -0.2) is 0 Å². The van der Waals surface area contributed by atoms with E-state index in [9.17, 15) is 0 Å². The van der Waals surface area contributed by atoms with Crippen LogP contribution in [0.25, 0.3) is 28.6 Å². The quantitative estimate of drug-likeness (QED) is 0.0707. The molecule has 2 heteroatoms. The second-order valence-corrected chi connectivity index (χ2v) is 16.6. The molecule has 1 aliphatic rings. The Morgan fingerprint density at radius 2 is 0.953 bits per heavy atom. The van der Waals surface area contributed by atoms with Crippen LogP contribution in [0.15, 0.2) is 253 Å². The average Bonchev–Trinajstić information content (AvgIpc) is 3.36. The summed E-state index contributed by atoms with van der Waals surface area (Å²) in [6.07, 6.45) is 15.7. The molecule has 0 saturated heterocycles. The topological polar surface area (TPSA) is 6.48 Å². The highest BCUT2D eigenvalue weighted by atomic mass is 15.1. The van der Waals surface area contributed by atoms with Crippen LogP contribution in [0.1, 0.15) is 60.4 Å². The lowest BCUT2D eigenvalue weighted by atomic mass is 9.85. The van der Waals surface area contributed by atoms with E-state index in [-0.39, 0.29) is 0 Å². The molecule has 0 aromatic heterocycles. The Morgan fingerprint density at radius 1 is 0.516 bits per heavy atom. The van der Waals surface area contributed by atoms with Crippen LogP contribution in [-0.4, -0.2) is 14.1 Å². The van der Waals surface area contributed by atoms with Crippen LogP contribution in [0, 0.1) is 5.92 Å². The van der Waals surface area contributed by atoms with E-state index >= 15 is 0 Å². The summed E-state index contributed by atoms with van der Waals surface area (Å²) < 4.78 is 0. The third-order valence-corrected chi connectivity index (χ3v) is 12.0. The van der Waals surface area contributed by atoms with Gasteiger partial charge in [0.05, 0.1) is 11.4 Å². The predicted octanol–water partition coefficient (Wildman–Crippen LogP) is 16.1. The van der Waals surface area contributed by atoms with Crippen molar-refractivity contribution in [1.29, 1.82) is 0 Å². The van der Waals surface area contributed by atoms with Crippen molar-refractivity contribution in [3.63, 3.8) is 0 Å². The minimum atomic E-state index is 0.447. The normalized spacial score (nSPS) is 14.9. The van der Waals surface area contributed by atoms with Gasteiger partial charge in [0, 0.05) is 31.0 Å².